The molecule has 0 spiro atoms. The lowest BCUT2D eigenvalue weighted by Gasteiger charge is -2.07. The van der Waals surface area contributed by atoms with E-state index in [0.717, 1.165) is 16.5 Å². The number of aryl methyl sites for hydroxylation is 1. The molecule has 0 aliphatic heterocycles. The number of carbonyl (C=O) groups is 1. The van der Waals surface area contributed by atoms with E-state index in [1.54, 1.807) is 18.3 Å². The van der Waals surface area contributed by atoms with Gasteiger partial charge in [-0.1, -0.05) is 24.3 Å². The van der Waals surface area contributed by atoms with Crippen LogP contribution in [0.2, 0.25) is 0 Å². The Balaban J connectivity index is 0.00000208. The third-order valence-corrected chi connectivity index (χ3v) is 3.67. The topological polar surface area (TPSA) is 94.0 Å². The number of nitrogens with two attached hydrogens (primary N) is 2. The third-order valence-electron chi connectivity index (χ3n) is 3.67. The number of rotatable bonds is 4. The van der Waals surface area contributed by atoms with Gasteiger partial charge in [-0.15, -0.1) is 12.4 Å². The summed E-state index contributed by atoms with van der Waals surface area (Å²) in [5.74, 6) is -0.0579. The molecule has 0 fully saturated rings. The van der Waals surface area contributed by atoms with Crippen LogP contribution in [0, 0.1) is 0 Å². The number of carbonyl (C=O) groups excluding carboxylic acids is 1. The summed E-state index contributed by atoms with van der Waals surface area (Å²) in [6.45, 7) is 0. The van der Waals surface area contributed by atoms with Crippen LogP contribution in [0.4, 0.5) is 17.1 Å². The maximum atomic E-state index is 12.1. The van der Waals surface area contributed by atoms with Gasteiger partial charge in [0, 0.05) is 11.8 Å². The first-order valence-electron chi connectivity index (χ1n) is 7.40. The van der Waals surface area contributed by atoms with Crippen LogP contribution >= 0.6 is 12.4 Å². The number of nitrogen functional groups attached to an aromatic ring is 2. The SMILES string of the molecule is Cl.Nc1ccc(CCC(=O)Nc2cnc3ccccc3c2)cc1N. The Kier molecular flexibility index (Phi) is 5.60. The summed E-state index contributed by atoms with van der Waals surface area (Å²) >= 11 is 0. The zero-order valence-corrected chi connectivity index (χ0v) is 13.8. The number of hydrogen-bond acceptors (Lipinski definition) is 4. The van der Waals surface area contributed by atoms with Crippen LogP contribution in [0.3, 0.4) is 0 Å². The van der Waals surface area contributed by atoms with Crippen LogP contribution in [0.1, 0.15) is 12.0 Å². The summed E-state index contributed by atoms with van der Waals surface area (Å²) in [6.07, 6.45) is 2.65. The number of nitrogens with one attached hydrogen (secondary N) is 1. The van der Waals surface area contributed by atoms with E-state index >= 15 is 0 Å². The average Bonchev–Trinajstić information content (AvgIpc) is 2.56. The lowest BCUT2D eigenvalue weighted by molar-refractivity contribution is -0.116. The average molecular weight is 343 g/mol. The van der Waals surface area contributed by atoms with E-state index < -0.39 is 0 Å². The highest BCUT2D eigenvalue weighted by Gasteiger charge is 2.05. The van der Waals surface area contributed by atoms with Crippen LogP contribution in [0.5, 0.6) is 0 Å². The van der Waals surface area contributed by atoms with E-state index in [4.69, 9.17) is 11.5 Å². The normalized spacial score (nSPS) is 10.2. The highest BCUT2D eigenvalue weighted by Crippen LogP contribution is 2.18. The van der Waals surface area contributed by atoms with Gasteiger partial charge in [-0.3, -0.25) is 9.78 Å². The standard InChI is InChI=1S/C18H18N4O.ClH/c19-15-7-5-12(9-16(15)20)6-8-18(23)22-14-10-13-3-1-2-4-17(13)21-11-14;/h1-5,7,9-11H,6,8,19-20H2,(H,22,23);1H. The van der Waals surface area contributed by atoms with Gasteiger partial charge in [0.2, 0.25) is 5.91 Å². The number of anilines is 3. The molecule has 0 aliphatic rings. The maximum Gasteiger partial charge on any atom is 0.224 e. The van der Waals surface area contributed by atoms with Crippen molar-refractivity contribution in [1.82, 2.24) is 4.98 Å². The largest absolute Gasteiger partial charge is 0.397 e. The zero-order chi connectivity index (χ0) is 16.2. The van der Waals surface area contributed by atoms with Crippen molar-refractivity contribution >= 4 is 46.3 Å². The minimum atomic E-state index is -0.0579. The molecule has 0 radical (unpaired) electrons. The highest BCUT2D eigenvalue weighted by atomic mass is 35.5. The van der Waals surface area contributed by atoms with Gasteiger partial charge in [-0.05, 0) is 36.2 Å². The molecule has 0 saturated heterocycles. The van der Waals surface area contributed by atoms with Gasteiger partial charge in [0.1, 0.15) is 0 Å². The molecule has 6 heteroatoms. The molecule has 124 valence electrons. The second-order valence-electron chi connectivity index (χ2n) is 5.43. The molecule has 5 N–H and O–H groups in total. The van der Waals surface area contributed by atoms with Gasteiger partial charge >= 0.3 is 0 Å². The van der Waals surface area contributed by atoms with Crippen molar-refractivity contribution in [3.63, 3.8) is 0 Å². The third kappa shape index (κ3) is 4.14. The van der Waals surface area contributed by atoms with Crippen molar-refractivity contribution < 1.29 is 4.79 Å². The number of para-hydroxylation sites is 1. The van der Waals surface area contributed by atoms with Crippen molar-refractivity contribution in [3.05, 3.63) is 60.3 Å². The maximum absolute atomic E-state index is 12.1. The molecule has 2 aromatic carbocycles. The molecule has 1 aromatic heterocycles. The van der Waals surface area contributed by atoms with Gasteiger partial charge in [-0.25, -0.2) is 0 Å². The number of benzene rings is 2. The second-order valence-corrected chi connectivity index (χ2v) is 5.43. The van der Waals surface area contributed by atoms with Crippen molar-refractivity contribution in [2.75, 3.05) is 16.8 Å². The first-order valence-corrected chi connectivity index (χ1v) is 7.40. The Labute approximate surface area is 146 Å². The zero-order valence-electron chi connectivity index (χ0n) is 13.0. The summed E-state index contributed by atoms with van der Waals surface area (Å²) in [5, 5.41) is 3.87. The monoisotopic (exact) mass is 342 g/mol. The van der Waals surface area contributed by atoms with E-state index in [2.05, 4.69) is 10.3 Å². The smallest absolute Gasteiger partial charge is 0.224 e. The molecular formula is C18H19ClN4O. The number of halogens is 1. The molecule has 0 unspecified atom stereocenters. The van der Waals surface area contributed by atoms with Gasteiger partial charge < -0.3 is 16.8 Å². The molecule has 0 atom stereocenters. The summed E-state index contributed by atoms with van der Waals surface area (Å²) in [5.41, 5.74) is 15.1. The predicted molar refractivity (Wildman–Crippen MR) is 101 cm³/mol. The number of aromatic nitrogens is 1. The fourth-order valence-electron chi connectivity index (χ4n) is 2.40. The summed E-state index contributed by atoms with van der Waals surface area (Å²) in [6, 6.07) is 15.2. The van der Waals surface area contributed by atoms with E-state index in [1.165, 1.54) is 0 Å². The van der Waals surface area contributed by atoms with E-state index in [9.17, 15) is 4.79 Å². The molecule has 1 heterocycles. The van der Waals surface area contributed by atoms with Crippen LogP contribution in [0.25, 0.3) is 10.9 Å². The molecule has 0 bridgehead atoms. The fraction of sp³-hybridized carbons (Fsp3) is 0.111. The Hall–Kier alpha value is -2.79. The Morgan fingerprint density at radius 1 is 1.04 bits per heavy atom. The molecule has 3 aromatic rings. The molecule has 24 heavy (non-hydrogen) atoms. The van der Waals surface area contributed by atoms with Crippen LogP contribution in [0.15, 0.2) is 54.7 Å². The van der Waals surface area contributed by atoms with Crippen molar-refractivity contribution in [2.45, 2.75) is 12.8 Å². The van der Waals surface area contributed by atoms with Crippen molar-refractivity contribution in [3.8, 4) is 0 Å². The number of hydrogen-bond donors (Lipinski definition) is 3. The summed E-state index contributed by atoms with van der Waals surface area (Å²) < 4.78 is 0. The minimum Gasteiger partial charge on any atom is -0.397 e. The Bertz CT molecular complexity index is 867. The molecule has 1 amide bonds. The number of nitrogens with zero attached hydrogens (tertiary/aromatic N) is 1. The predicted octanol–water partition coefficient (Wildman–Crippen LogP) is 3.39. The molecule has 5 nitrogen and oxygen atoms in total. The Morgan fingerprint density at radius 2 is 1.83 bits per heavy atom. The van der Waals surface area contributed by atoms with Crippen LogP contribution in [-0.2, 0) is 11.2 Å². The number of amides is 1. The quantitative estimate of drug-likeness (QED) is 0.633. The van der Waals surface area contributed by atoms with Crippen LogP contribution in [-0.4, -0.2) is 10.9 Å². The molecule has 0 aliphatic carbocycles. The van der Waals surface area contributed by atoms with Crippen molar-refractivity contribution in [2.24, 2.45) is 0 Å². The molecular weight excluding hydrogens is 324 g/mol. The lowest BCUT2D eigenvalue weighted by Crippen LogP contribution is -2.12. The fourth-order valence-corrected chi connectivity index (χ4v) is 2.40. The number of fused-ring (bicyclic) bond motifs is 1. The Morgan fingerprint density at radius 3 is 2.62 bits per heavy atom. The van der Waals surface area contributed by atoms with Gasteiger partial charge in [0.25, 0.3) is 0 Å². The van der Waals surface area contributed by atoms with Gasteiger partial charge in [0.05, 0.1) is 28.8 Å². The molecule has 3 rings (SSSR count). The van der Waals surface area contributed by atoms with Gasteiger partial charge in [-0.2, -0.15) is 0 Å². The number of pyridine rings is 1. The first kappa shape index (κ1) is 17.6. The van der Waals surface area contributed by atoms with Crippen molar-refractivity contribution in [1.29, 1.82) is 0 Å². The summed E-state index contributed by atoms with van der Waals surface area (Å²) in [7, 11) is 0. The highest BCUT2D eigenvalue weighted by molar-refractivity contribution is 5.93. The second kappa shape index (κ2) is 7.66. The van der Waals surface area contributed by atoms with Crippen LogP contribution < -0.4 is 16.8 Å². The molecule has 0 saturated carbocycles. The van der Waals surface area contributed by atoms with E-state index in [-0.39, 0.29) is 18.3 Å². The first-order chi connectivity index (χ1) is 11.1. The van der Waals surface area contributed by atoms with E-state index in [1.807, 2.05) is 36.4 Å². The van der Waals surface area contributed by atoms with Gasteiger partial charge in [0.15, 0.2) is 0 Å². The van der Waals surface area contributed by atoms with E-state index in [0.29, 0.717) is 29.9 Å². The lowest BCUT2D eigenvalue weighted by atomic mass is 10.1. The minimum absolute atomic E-state index is 0. The summed E-state index contributed by atoms with van der Waals surface area (Å²) in [4.78, 5) is 16.4.